The number of hydrogen-bond acceptors (Lipinski definition) is 3. The maximum Gasteiger partial charge on any atom is 0.235 e. The smallest absolute Gasteiger partial charge is 0.235 e. The Morgan fingerprint density at radius 1 is 1.04 bits per heavy atom. The molecule has 3 fully saturated rings. The molecule has 1 heterocycles. The van der Waals surface area contributed by atoms with Crippen LogP contribution in [0.15, 0.2) is 36.4 Å². The van der Waals surface area contributed by atoms with E-state index in [4.69, 9.17) is 0 Å². The lowest BCUT2D eigenvalue weighted by Gasteiger charge is -2.37. The zero-order chi connectivity index (χ0) is 16.4. The fraction of sp³-hybridized carbons (Fsp3) is 0.500. The summed E-state index contributed by atoms with van der Waals surface area (Å²) in [6, 6.07) is 8.08. The van der Waals surface area contributed by atoms with Gasteiger partial charge in [-0.1, -0.05) is 37.3 Å². The summed E-state index contributed by atoms with van der Waals surface area (Å²) in [6.07, 6.45) is 6.56. The molecule has 2 saturated carbocycles. The first-order valence-corrected chi connectivity index (χ1v) is 9.06. The molecule has 0 radical (unpaired) electrons. The van der Waals surface area contributed by atoms with Gasteiger partial charge in [0.05, 0.1) is 18.5 Å². The predicted molar refractivity (Wildman–Crippen MR) is 90.9 cm³/mol. The van der Waals surface area contributed by atoms with Crippen molar-refractivity contribution in [1.29, 1.82) is 0 Å². The summed E-state index contributed by atoms with van der Waals surface area (Å²) < 4.78 is 0. The minimum atomic E-state index is -0.0977. The Morgan fingerprint density at radius 2 is 1.67 bits per heavy atom. The Morgan fingerprint density at radius 3 is 2.29 bits per heavy atom. The molecule has 1 aromatic carbocycles. The highest BCUT2D eigenvalue weighted by Crippen LogP contribution is 2.65. The number of rotatable bonds is 4. The van der Waals surface area contributed by atoms with Crippen LogP contribution in [0.4, 0.5) is 5.69 Å². The average Bonchev–Trinajstić information content (AvgIpc) is 3.39. The Kier molecular flexibility index (Phi) is 2.94. The van der Waals surface area contributed by atoms with E-state index >= 15 is 0 Å². The first-order valence-electron chi connectivity index (χ1n) is 9.06. The van der Waals surface area contributed by atoms with Gasteiger partial charge in [0, 0.05) is 5.69 Å². The lowest BCUT2D eigenvalue weighted by Crippen LogP contribution is -2.40. The molecule has 4 aliphatic carbocycles. The van der Waals surface area contributed by atoms with E-state index in [9.17, 15) is 9.59 Å². The maximum absolute atomic E-state index is 12.9. The van der Waals surface area contributed by atoms with E-state index in [-0.39, 0.29) is 30.3 Å². The Hall–Kier alpha value is -2.10. The highest BCUT2D eigenvalue weighted by Gasteiger charge is 2.66. The average molecular weight is 322 g/mol. The molecule has 0 unspecified atom stereocenters. The fourth-order valence-electron chi connectivity index (χ4n) is 5.34. The zero-order valence-corrected chi connectivity index (χ0v) is 13.8. The summed E-state index contributed by atoms with van der Waals surface area (Å²) in [6.45, 7) is 2.40. The molecular weight excluding hydrogens is 300 g/mol. The number of carbonyl (C=O) groups is 2. The summed E-state index contributed by atoms with van der Waals surface area (Å²) in [7, 11) is 0. The van der Waals surface area contributed by atoms with Gasteiger partial charge in [-0.05, 0) is 48.1 Å². The van der Waals surface area contributed by atoms with E-state index < -0.39 is 0 Å². The molecule has 0 aromatic heterocycles. The van der Waals surface area contributed by atoms with Crippen LogP contribution in [0, 0.1) is 35.5 Å². The van der Waals surface area contributed by atoms with Crippen LogP contribution in [0.25, 0.3) is 0 Å². The molecule has 2 bridgehead atoms. The van der Waals surface area contributed by atoms with Crippen LogP contribution in [-0.4, -0.2) is 23.4 Å². The maximum atomic E-state index is 12.9. The van der Waals surface area contributed by atoms with E-state index in [0.29, 0.717) is 23.7 Å². The number of likely N-dealkylation sites (tertiary alicyclic amines) is 1. The molecule has 0 spiro atoms. The van der Waals surface area contributed by atoms with Gasteiger partial charge in [0.2, 0.25) is 11.8 Å². The lowest BCUT2D eigenvalue weighted by atomic mass is 9.63. The molecule has 1 aromatic rings. The third-order valence-electron chi connectivity index (χ3n) is 6.58. The van der Waals surface area contributed by atoms with Crippen molar-refractivity contribution >= 4 is 17.5 Å². The molecule has 1 N–H and O–H groups in total. The minimum absolute atomic E-state index is 0.0381. The van der Waals surface area contributed by atoms with Gasteiger partial charge in [-0.2, -0.15) is 0 Å². The van der Waals surface area contributed by atoms with Gasteiger partial charge >= 0.3 is 0 Å². The lowest BCUT2D eigenvalue weighted by molar-refractivity contribution is -0.139. The second-order valence-electron chi connectivity index (χ2n) is 7.60. The van der Waals surface area contributed by atoms with Crippen LogP contribution in [0.1, 0.15) is 18.9 Å². The summed E-state index contributed by atoms with van der Waals surface area (Å²) in [5, 5.41) is 3.31. The van der Waals surface area contributed by atoms with Gasteiger partial charge in [0.25, 0.3) is 0 Å². The van der Waals surface area contributed by atoms with E-state index in [2.05, 4.69) is 30.5 Å². The number of para-hydroxylation sites is 1. The summed E-state index contributed by atoms with van der Waals surface area (Å²) in [5.74, 6) is 1.80. The predicted octanol–water partition coefficient (Wildman–Crippen LogP) is 2.67. The number of amides is 2. The van der Waals surface area contributed by atoms with Gasteiger partial charge in [-0.15, -0.1) is 0 Å². The molecule has 4 heteroatoms. The molecule has 24 heavy (non-hydrogen) atoms. The third kappa shape index (κ3) is 1.80. The molecule has 4 nitrogen and oxygen atoms in total. The number of nitrogens with one attached hydrogen (secondary N) is 1. The van der Waals surface area contributed by atoms with Gasteiger partial charge in [0.1, 0.15) is 0 Å². The van der Waals surface area contributed by atoms with Crippen molar-refractivity contribution in [2.75, 3.05) is 12.0 Å². The molecule has 1 saturated heterocycles. The monoisotopic (exact) mass is 322 g/mol. The number of allylic oxidation sites excluding steroid dienone is 2. The summed E-state index contributed by atoms with van der Waals surface area (Å²) in [4.78, 5) is 27.3. The van der Waals surface area contributed by atoms with Gasteiger partial charge in [-0.25, -0.2) is 0 Å². The number of benzene rings is 1. The number of carbonyl (C=O) groups excluding carboxylic acids is 2. The van der Waals surface area contributed by atoms with Gasteiger partial charge < -0.3 is 5.32 Å². The van der Waals surface area contributed by atoms with E-state index in [1.54, 1.807) is 0 Å². The Bertz CT molecular complexity index is 720. The number of aryl methyl sites for hydroxylation is 1. The summed E-state index contributed by atoms with van der Waals surface area (Å²) in [5.41, 5.74) is 2.22. The van der Waals surface area contributed by atoms with Crippen LogP contribution >= 0.6 is 0 Å². The molecule has 6 rings (SSSR count). The van der Waals surface area contributed by atoms with Crippen molar-refractivity contribution in [3.63, 3.8) is 0 Å². The largest absolute Gasteiger partial charge is 0.367 e. The van der Waals surface area contributed by atoms with Crippen LogP contribution < -0.4 is 5.32 Å². The van der Waals surface area contributed by atoms with Gasteiger partial charge in [-0.3, -0.25) is 14.5 Å². The first-order chi connectivity index (χ1) is 11.7. The highest BCUT2D eigenvalue weighted by atomic mass is 16.2. The highest BCUT2D eigenvalue weighted by molar-refractivity contribution is 6.06. The van der Waals surface area contributed by atoms with Crippen molar-refractivity contribution in [3.8, 4) is 0 Å². The van der Waals surface area contributed by atoms with Crippen LogP contribution in [-0.2, 0) is 16.0 Å². The van der Waals surface area contributed by atoms with E-state index in [1.807, 2.05) is 18.2 Å². The minimum Gasteiger partial charge on any atom is -0.367 e. The van der Waals surface area contributed by atoms with Crippen LogP contribution in [0.3, 0.4) is 0 Å². The number of nitrogens with zero attached hydrogens (tertiary/aromatic N) is 1. The second-order valence-corrected chi connectivity index (χ2v) is 7.60. The molecule has 5 aliphatic rings. The topological polar surface area (TPSA) is 49.4 Å². The van der Waals surface area contributed by atoms with Crippen molar-refractivity contribution in [1.82, 2.24) is 4.90 Å². The van der Waals surface area contributed by atoms with E-state index in [0.717, 1.165) is 12.1 Å². The van der Waals surface area contributed by atoms with Crippen molar-refractivity contribution < 1.29 is 9.59 Å². The van der Waals surface area contributed by atoms with Gasteiger partial charge in [0.15, 0.2) is 0 Å². The SMILES string of the molecule is CCc1ccccc1NCN1C(=O)[C@@H]2[C@H]3C=C[C@H]([C@H]4C[C@H]34)[C@@H]2C1=O. The number of hydrogen-bond donors (Lipinski definition) is 1. The molecule has 6 atom stereocenters. The van der Waals surface area contributed by atoms with Crippen molar-refractivity contribution in [3.05, 3.63) is 42.0 Å². The fourth-order valence-corrected chi connectivity index (χ4v) is 5.34. The summed E-state index contributed by atoms with van der Waals surface area (Å²) >= 11 is 0. The standard InChI is InChI=1S/C20H22N2O2/c1-2-11-5-3-4-6-16(11)21-10-22-19(23)17-12-7-8-13(15-9-14(12)15)18(17)20(22)24/h3-8,12-15,17-18,21H,2,9-10H2,1H3/t12-,13+,14-,15-,17+,18-/m1/s1. The van der Waals surface area contributed by atoms with Crippen LogP contribution in [0.5, 0.6) is 0 Å². The number of anilines is 1. The third-order valence-corrected chi connectivity index (χ3v) is 6.58. The normalized spacial score (nSPS) is 38.3. The van der Waals surface area contributed by atoms with Crippen molar-refractivity contribution in [2.24, 2.45) is 35.5 Å². The second kappa shape index (κ2) is 4.95. The quantitative estimate of drug-likeness (QED) is 0.685. The number of imide groups is 1. The van der Waals surface area contributed by atoms with Crippen LogP contribution in [0.2, 0.25) is 0 Å². The Balaban J connectivity index is 1.37. The molecule has 2 amide bonds. The van der Waals surface area contributed by atoms with E-state index in [1.165, 1.54) is 16.9 Å². The molecule has 1 aliphatic heterocycles. The zero-order valence-electron chi connectivity index (χ0n) is 13.8. The Labute approximate surface area is 141 Å². The first kappa shape index (κ1) is 14.3. The van der Waals surface area contributed by atoms with Crippen molar-refractivity contribution in [2.45, 2.75) is 19.8 Å². The molecule has 124 valence electrons. The molecular formula is C20H22N2O2.